The van der Waals surface area contributed by atoms with Crippen molar-refractivity contribution in [2.75, 3.05) is 9.80 Å². The molecular weight excluding hydrogens is 1160 g/mol. The molecule has 15 aromatic carbocycles. The Labute approximate surface area is 582 Å². The van der Waals surface area contributed by atoms with Crippen molar-refractivity contribution >= 4 is 123 Å². The molecule has 96 heavy (non-hydrogen) atoms. The summed E-state index contributed by atoms with van der Waals surface area (Å²) in [5, 5.41) is 0.781. The largest absolute Gasteiger partial charge is 0.456 e. The first-order valence-corrected chi connectivity index (χ1v) is 31.5. The first-order valence-electron chi connectivity index (χ1n) is 41.0. The molecule has 20 rings (SSSR count). The van der Waals surface area contributed by atoms with E-state index in [1.54, 1.807) is 12.1 Å². The molecule has 6 heteroatoms. The van der Waals surface area contributed by atoms with E-state index in [4.69, 9.17) is 9.90 Å². The van der Waals surface area contributed by atoms with Crippen molar-refractivity contribution in [2.45, 2.75) is 0 Å². The zero-order valence-corrected chi connectivity index (χ0v) is 50.7. The van der Waals surface area contributed by atoms with E-state index < -0.39 is 115 Å². The van der Waals surface area contributed by atoms with Crippen LogP contribution in [0.3, 0.4) is 0 Å². The standard InChI is InChI=1S/C90H57BN4O/c1-5-25-58(26-6-1)66-38-23-39-67(59-27-7-2-8-28-59)89(66)94-82-56-64(92-78-42-18-13-33-70(78)71-34-14-19-43-79(71)92)48-50-76(82)91-77-51-49-65(93-80-44-20-15-35-72(80)73-36-16-21-45-81(73)93)57-83(77)95(90-68(60-29-9-3-10-30-60)40-24-41-69(90)61-31-11-4-12-32-61)85-55-63(54-84(94)88(85)91)62-47-52-87-75(53-62)74-37-17-22-46-86(74)96-87/h1-57H/i13D,14D,15D,16D,18D,19D,20D,21D,33D,34D,35D,36D,42D,43D,44D,45D,48D,50D,51D. The lowest BCUT2D eigenvalue weighted by Gasteiger charge is -2.46. The minimum absolute atomic E-state index is 0.0458. The van der Waals surface area contributed by atoms with E-state index >= 15 is 0 Å². The summed E-state index contributed by atoms with van der Waals surface area (Å²) in [4.78, 5) is 4.15. The minimum atomic E-state index is -1.29. The molecule has 0 saturated carbocycles. The topological polar surface area (TPSA) is 29.5 Å². The van der Waals surface area contributed by atoms with Crippen molar-refractivity contribution in [3.05, 3.63) is 345 Å². The Morgan fingerprint density at radius 1 is 0.271 bits per heavy atom. The molecular formula is C90H57BN4O. The van der Waals surface area contributed by atoms with E-state index in [0.29, 0.717) is 72.8 Å². The lowest BCUT2D eigenvalue weighted by Crippen LogP contribution is -2.61. The maximum atomic E-state index is 11.3. The van der Waals surface area contributed by atoms with Crippen LogP contribution in [0.25, 0.3) is 133 Å². The maximum absolute atomic E-state index is 11.3. The van der Waals surface area contributed by atoms with Crippen LogP contribution in [0.2, 0.25) is 0 Å². The van der Waals surface area contributed by atoms with Gasteiger partial charge in [-0.3, -0.25) is 0 Å². The van der Waals surface area contributed by atoms with Crippen molar-refractivity contribution in [3.8, 4) is 67.0 Å². The predicted octanol–water partition coefficient (Wildman–Crippen LogP) is 22.2. The highest BCUT2D eigenvalue weighted by molar-refractivity contribution is 7.00. The number of rotatable bonds is 9. The number of benzene rings is 15. The molecule has 5 heterocycles. The van der Waals surface area contributed by atoms with Crippen LogP contribution < -0.4 is 26.2 Å². The molecule has 0 radical (unpaired) electrons. The van der Waals surface area contributed by atoms with E-state index in [0.717, 1.165) is 33.0 Å². The second kappa shape index (κ2) is 21.5. The third kappa shape index (κ3) is 8.19. The summed E-state index contributed by atoms with van der Waals surface area (Å²) < 4.78 is 193. The molecule has 3 aromatic heterocycles. The van der Waals surface area contributed by atoms with Crippen molar-refractivity contribution in [2.24, 2.45) is 0 Å². The normalized spacial score (nSPS) is 15.3. The minimum Gasteiger partial charge on any atom is -0.456 e. The fourth-order valence-corrected chi connectivity index (χ4v) is 14.8. The molecule has 0 N–H and O–H groups in total. The summed E-state index contributed by atoms with van der Waals surface area (Å²) in [6.45, 7) is -1.29. The average molecular weight is 1240 g/mol. The van der Waals surface area contributed by atoms with Gasteiger partial charge in [-0.05, 0) is 129 Å². The number of fused-ring (bicyclic) bond motifs is 13. The molecule has 0 aliphatic carbocycles. The van der Waals surface area contributed by atoms with Crippen molar-refractivity contribution in [3.63, 3.8) is 0 Å². The highest BCUT2D eigenvalue weighted by atomic mass is 16.3. The molecule has 0 amide bonds. The van der Waals surface area contributed by atoms with Crippen molar-refractivity contribution < 1.29 is 30.5 Å². The van der Waals surface area contributed by atoms with Gasteiger partial charge in [0.15, 0.2) is 0 Å². The average Bonchev–Trinajstić information content (AvgIpc) is 1.26. The van der Waals surface area contributed by atoms with Crippen molar-refractivity contribution in [1.82, 2.24) is 9.13 Å². The highest BCUT2D eigenvalue weighted by Gasteiger charge is 2.46. The lowest BCUT2D eigenvalue weighted by atomic mass is 9.33. The van der Waals surface area contributed by atoms with Gasteiger partial charge in [0, 0.05) is 88.7 Å². The Morgan fingerprint density at radius 2 is 0.677 bits per heavy atom. The summed E-state index contributed by atoms with van der Waals surface area (Å²) in [6.07, 6.45) is 0. The third-order valence-electron chi connectivity index (χ3n) is 18.9. The molecule has 0 bridgehead atoms. The summed E-state index contributed by atoms with van der Waals surface area (Å²) in [5.41, 5.74) is 10.8. The predicted molar refractivity (Wildman–Crippen MR) is 404 cm³/mol. The number of anilines is 6. The fourth-order valence-electron chi connectivity index (χ4n) is 14.8. The number of aromatic nitrogens is 2. The van der Waals surface area contributed by atoms with Crippen LogP contribution >= 0.6 is 0 Å². The summed E-state index contributed by atoms with van der Waals surface area (Å²) in [5.74, 6) is 0. The quantitative estimate of drug-likeness (QED) is 0.135. The number of hydrogen-bond acceptors (Lipinski definition) is 3. The molecule has 18 aromatic rings. The molecule has 0 spiro atoms. The Kier molecular flexibility index (Phi) is 8.59. The molecule has 0 fully saturated rings. The first-order chi connectivity index (χ1) is 55.6. The van der Waals surface area contributed by atoms with Crippen LogP contribution in [0.1, 0.15) is 26.0 Å². The third-order valence-corrected chi connectivity index (χ3v) is 18.9. The van der Waals surface area contributed by atoms with Crippen molar-refractivity contribution in [1.29, 1.82) is 0 Å². The Balaban J connectivity index is 1.03. The van der Waals surface area contributed by atoms with Gasteiger partial charge in [0.2, 0.25) is 0 Å². The van der Waals surface area contributed by atoms with Gasteiger partial charge in [-0.2, -0.15) is 0 Å². The highest BCUT2D eigenvalue weighted by Crippen LogP contribution is 2.54. The fraction of sp³-hybridized carbons (Fsp3) is 0. The van der Waals surface area contributed by atoms with Gasteiger partial charge in [-0.25, -0.2) is 0 Å². The lowest BCUT2D eigenvalue weighted by molar-refractivity contribution is 0.669. The van der Waals surface area contributed by atoms with E-state index in [9.17, 15) is 20.6 Å². The number of nitrogens with zero attached hydrogens (tertiary/aromatic N) is 4. The molecule has 0 saturated heterocycles. The number of hydrogen-bond donors (Lipinski definition) is 0. The second-order valence-electron chi connectivity index (χ2n) is 24.0. The van der Waals surface area contributed by atoms with Gasteiger partial charge >= 0.3 is 0 Å². The molecule has 0 unspecified atom stereocenters. The van der Waals surface area contributed by atoms with Crippen LogP contribution in [0.15, 0.2) is 350 Å². The zero-order chi connectivity index (χ0) is 79.5. The van der Waals surface area contributed by atoms with Crippen LogP contribution in [0.4, 0.5) is 34.1 Å². The Morgan fingerprint density at radius 3 is 1.16 bits per heavy atom. The summed E-state index contributed by atoms with van der Waals surface area (Å²) in [6, 6.07) is 62.6. The Hall–Kier alpha value is -12.6. The van der Waals surface area contributed by atoms with Crippen LogP contribution in [0, 0.1) is 0 Å². The SMILES string of the molecule is [2H]c1cc(-n2c3c([2H])c([2H])c([2H])c([2H])c3c3c([2H])c([2H])c([2H])c([2H])c32)cc2c1B1c3c(cc(-c4ccc5oc6ccccc6c5c4)cc3N(c3c(-c4ccccc4)cccc3-c3ccccc3)c3cc(-n4c5c([2H])c([2H])c([2H])c([2H])c5c5c([2H])c([2H])c([2H])c([2H])c54)c([2H])c([2H])c31)N2c1c(-c2ccccc2)cccc1-c1ccccc1. The van der Waals surface area contributed by atoms with Gasteiger partial charge in [-0.1, -0.05) is 267 Å². The van der Waals surface area contributed by atoms with Crippen LogP contribution in [-0.2, 0) is 0 Å². The van der Waals surface area contributed by atoms with Crippen LogP contribution in [-0.4, -0.2) is 15.8 Å². The van der Waals surface area contributed by atoms with Gasteiger partial charge < -0.3 is 23.4 Å². The first kappa shape index (κ1) is 38.4. The van der Waals surface area contributed by atoms with E-state index in [1.165, 1.54) is 15.2 Å². The molecule has 446 valence electrons. The second-order valence-corrected chi connectivity index (χ2v) is 24.0. The van der Waals surface area contributed by atoms with Gasteiger partial charge in [0.05, 0.1) is 59.5 Å². The van der Waals surface area contributed by atoms with Gasteiger partial charge in [0.1, 0.15) is 11.2 Å². The van der Waals surface area contributed by atoms with Crippen LogP contribution in [0.5, 0.6) is 0 Å². The van der Waals surface area contributed by atoms with E-state index in [2.05, 4.69) is 28.0 Å². The maximum Gasteiger partial charge on any atom is 0.252 e. The van der Waals surface area contributed by atoms with E-state index in [-0.39, 0.29) is 83.3 Å². The molecule has 2 aliphatic rings. The monoisotopic (exact) mass is 1240 g/mol. The van der Waals surface area contributed by atoms with Gasteiger partial charge in [0.25, 0.3) is 6.71 Å². The van der Waals surface area contributed by atoms with E-state index in [1.807, 2.05) is 194 Å². The molecule has 2 aliphatic heterocycles. The number of para-hydroxylation sites is 7. The van der Waals surface area contributed by atoms with Gasteiger partial charge in [-0.15, -0.1) is 0 Å². The summed E-state index contributed by atoms with van der Waals surface area (Å²) >= 11 is 0. The summed E-state index contributed by atoms with van der Waals surface area (Å²) in [7, 11) is 0. The Bertz CT molecular complexity index is 7070. The number of furan rings is 1. The molecule has 0 atom stereocenters. The molecule has 5 nitrogen and oxygen atoms in total. The smallest absolute Gasteiger partial charge is 0.252 e. The zero-order valence-electron chi connectivity index (χ0n) is 69.7.